The summed E-state index contributed by atoms with van der Waals surface area (Å²) in [5.74, 6) is 0.839. The SMILES string of the molecule is Cc1ccc(OC(=O)CCP(=O)(Oc2ccccc2)Oc2ccccc2)c(C(C)(C)C)c1. The van der Waals surface area contributed by atoms with E-state index in [1.54, 1.807) is 54.6 Å². The van der Waals surface area contributed by atoms with Gasteiger partial charge in [0.25, 0.3) is 0 Å². The number of carbonyl (C=O) groups is 1. The Morgan fingerprint density at radius 2 is 1.38 bits per heavy atom. The van der Waals surface area contributed by atoms with Crippen LogP contribution in [0.15, 0.2) is 78.9 Å². The van der Waals surface area contributed by atoms with E-state index in [1.165, 1.54) is 0 Å². The van der Waals surface area contributed by atoms with Crippen molar-refractivity contribution < 1.29 is 23.1 Å². The molecule has 5 nitrogen and oxygen atoms in total. The third kappa shape index (κ3) is 6.73. The van der Waals surface area contributed by atoms with Crippen LogP contribution in [-0.4, -0.2) is 12.1 Å². The number of carbonyl (C=O) groups excluding carboxylic acids is 1. The van der Waals surface area contributed by atoms with Crippen LogP contribution in [-0.2, 0) is 14.8 Å². The highest BCUT2D eigenvalue weighted by atomic mass is 31.2. The maximum absolute atomic E-state index is 13.5. The number of ether oxygens (including phenoxy) is 1. The minimum absolute atomic E-state index is 0.117. The zero-order chi connectivity index (χ0) is 23.2. The van der Waals surface area contributed by atoms with E-state index in [2.05, 4.69) is 20.8 Å². The van der Waals surface area contributed by atoms with Gasteiger partial charge in [-0.05, 0) is 42.7 Å². The fourth-order valence-electron chi connectivity index (χ4n) is 3.11. The standard InChI is InChI=1S/C26H29O5P/c1-20-15-16-24(23(19-20)26(2,3)4)29-25(27)17-18-32(28,30-21-11-7-5-8-12-21)31-22-13-9-6-10-14-22/h5-16,19H,17-18H2,1-4H3. The number of rotatable bonds is 8. The minimum Gasteiger partial charge on any atom is -0.426 e. The molecule has 3 aromatic carbocycles. The van der Waals surface area contributed by atoms with E-state index in [1.807, 2.05) is 31.2 Å². The van der Waals surface area contributed by atoms with Crippen molar-refractivity contribution in [3.05, 3.63) is 90.0 Å². The highest BCUT2D eigenvalue weighted by Crippen LogP contribution is 2.49. The minimum atomic E-state index is -3.67. The molecule has 0 amide bonds. The molecule has 0 fully saturated rings. The Balaban J connectivity index is 1.74. The molecule has 3 rings (SSSR count). The highest BCUT2D eigenvalue weighted by molar-refractivity contribution is 7.54. The normalized spacial score (nSPS) is 11.6. The van der Waals surface area contributed by atoms with E-state index in [4.69, 9.17) is 13.8 Å². The van der Waals surface area contributed by atoms with Gasteiger partial charge in [0.1, 0.15) is 17.2 Å². The second-order valence-corrected chi connectivity index (χ2v) is 10.7. The van der Waals surface area contributed by atoms with Crippen molar-refractivity contribution in [1.29, 1.82) is 0 Å². The van der Waals surface area contributed by atoms with Crippen LogP contribution in [0.1, 0.15) is 38.3 Å². The smallest absolute Gasteiger partial charge is 0.426 e. The third-order valence-electron chi connectivity index (χ3n) is 4.73. The average Bonchev–Trinajstić information content (AvgIpc) is 2.74. The fourth-order valence-corrected chi connectivity index (χ4v) is 4.68. The predicted octanol–water partition coefficient (Wildman–Crippen LogP) is 6.94. The average molecular weight is 452 g/mol. The molecule has 0 aliphatic rings. The molecule has 3 aromatic rings. The molecule has 0 unspecified atom stereocenters. The third-order valence-corrected chi connectivity index (χ3v) is 6.48. The number of esters is 1. The van der Waals surface area contributed by atoms with Crippen molar-refractivity contribution in [2.45, 2.75) is 39.5 Å². The van der Waals surface area contributed by atoms with Gasteiger partial charge in [-0.3, -0.25) is 4.79 Å². The molecule has 0 aromatic heterocycles. The van der Waals surface area contributed by atoms with Crippen LogP contribution in [0.25, 0.3) is 0 Å². The molecule has 6 heteroatoms. The molecule has 0 heterocycles. The quantitative estimate of drug-likeness (QED) is 0.210. The molecule has 0 aliphatic heterocycles. The first-order valence-corrected chi connectivity index (χ1v) is 12.3. The number of para-hydroxylation sites is 2. The van der Waals surface area contributed by atoms with E-state index < -0.39 is 13.6 Å². The summed E-state index contributed by atoms with van der Waals surface area (Å²) in [6, 6.07) is 23.3. The van der Waals surface area contributed by atoms with E-state index >= 15 is 0 Å². The van der Waals surface area contributed by atoms with Gasteiger partial charge in [-0.15, -0.1) is 0 Å². The Morgan fingerprint density at radius 1 is 0.844 bits per heavy atom. The Bertz CT molecular complexity index is 1040. The maximum Gasteiger partial charge on any atom is 0.431 e. The number of hydrogen-bond acceptors (Lipinski definition) is 5. The first-order valence-electron chi connectivity index (χ1n) is 10.5. The van der Waals surface area contributed by atoms with Gasteiger partial charge in [0.2, 0.25) is 0 Å². The molecular weight excluding hydrogens is 423 g/mol. The van der Waals surface area contributed by atoms with E-state index in [-0.39, 0.29) is 18.0 Å². The molecule has 0 radical (unpaired) electrons. The van der Waals surface area contributed by atoms with E-state index in [0.29, 0.717) is 17.2 Å². The zero-order valence-electron chi connectivity index (χ0n) is 18.9. The van der Waals surface area contributed by atoms with Crippen molar-refractivity contribution in [3.8, 4) is 17.2 Å². The van der Waals surface area contributed by atoms with Crippen molar-refractivity contribution in [2.24, 2.45) is 0 Å². The lowest BCUT2D eigenvalue weighted by atomic mass is 9.85. The van der Waals surface area contributed by atoms with Crippen molar-refractivity contribution >= 4 is 13.6 Å². The summed E-state index contributed by atoms with van der Waals surface area (Å²) in [6.45, 7) is 8.19. The fraction of sp³-hybridized carbons (Fsp3) is 0.269. The lowest BCUT2D eigenvalue weighted by Gasteiger charge is -2.23. The number of benzene rings is 3. The summed E-state index contributed by atoms with van der Waals surface area (Å²) in [5.41, 5.74) is 1.84. The van der Waals surface area contributed by atoms with Crippen molar-refractivity contribution in [3.63, 3.8) is 0 Å². The lowest BCUT2D eigenvalue weighted by molar-refractivity contribution is -0.134. The molecule has 32 heavy (non-hydrogen) atoms. The Hall–Kier alpha value is -3.04. The van der Waals surface area contributed by atoms with Crippen LogP contribution < -0.4 is 13.8 Å². The summed E-state index contributed by atoms with van der Waals surface area (Å²) >= 11 is 0. The van der Waals surface area contributed by atoms with Gasteiger partial charge in [-0.2, -0.15) is 0 Å². The Labute approximate surface area is 189 Å². The molecule has 0 saturated heterocycles. The van der Waals surface area contributed by atoms with Crippen LogP contribution in [0, 0.1) is 6.92 Å². The number of hydrogen-bond donors (Lipinski definition) is 0. The molecule has 0 saturated carbocycles. The van der Waals surface area contributed by atoms with Gasteiger partial charge in [-0.25, -0.2) is 4.57 Å². The molecule has 0 atom stereocenters. The second kappa shape index (κ2) is 10.1. The van der Waals surface area contributed by atoms with Crippen LogP contribution in [0.4, 0.5) is 0 Å². The van der Waals surface area contributed by atoms with Crippen molar-refractivity contribution in [2.75, 3.05) is 6.16 Å². The lowest BCUT2D eigenvalue weighted by Crippen LogP contribution is -2.18. The molecule has 0 aliphatic carbocycles. The highest BCUT2D eigenvalue weighted by Gasteiger charge is 2.30. The molecule has 0 bridgehead atoms. The van der Waals surface area contributed by atoms with Gasteiger partial charge in [0.05, 0.1) is 12.6 Å². The molecular formula is C26H29O5P. The topological polar surface area (TPSA) is 61.8 Å². The maximum atomic E-state index is 13.5. The van der Waals surface area contributed by atoms with Crippen LogP contribution in [0.5, 0.6) is 17.2 Å². The van der Waals surface area contributed by atoms with Gasteiger partial charge in [0.15, 0.2) is 0 Å². The van der Waals surface area contributed by atoms with Crippen LogP contribution >= 0.6 is 7.60 Å². The largest absolute Gasteiger partial charge is 0.431 e. The molecule has 0 spiro atoms. The Kier molecular flexibility index (Phi) is 7.42. The van der Waals surface area contributed by atoms with Gasteiger partial charge < -0.3 is 13.8 Å². The van der Waals surface area contributed by atoms with Gasteiger partial charge >= 0.3 is 13.6 Å². The van der Waals surface area contributed by atoms with Crippen molar-refractivity contribution in [1.82, 2.24) is 0 Å². The zero-order valence-corrected chi connectivity index (χ0v) is 19.8. The number of aryl methyl sites for hydroxylation is 1. The first-order chi connectivity index (χ1) is 15.1. The summed E-state index contributed by atoms with van der Waals surface area (Å²) in [7, 11) is -3.67. The summed E-state index contributed by atoms with van der Waals surface area (Å²) in [6.07, 6.45) is -0.235. The predicted molar refractivity (Wildman–Crippen MR) is 127 cm³/mol. The monoisotopic (exact) mass is 452 g/mol. The second-order valence-electron chi connectivity index (χ2n) is 8.62. The van der Waals surface area contributed by atoms with Gasteiger partial charge in [-0.1, -0.05) is 74.9 Å². The summed E-state index contributed by atoms with van der Waals surface area (Å²) in [5, 5.41) is 0. The molecule has 168 valence electrons. The summed E-state index contributed by atoms with van der Waals surface area (Å²) in [4.78, 5) is 12.7. The molecule has 0 N–H and O–H groups in total. The van der Waals surface area contributed by atoms with E-state index in [0.717, 1.165) is 11.1 Å². The van der Waals surface area contributed by atoms with Crippen LogP contribution in [0.2, 0.25) is 0 Å². The van der Waals surface area contributed by atoms with E-state index in [9.17, 15) is 9.36 Å². The van der Waals surface area contributed by atoms with Gasteiger partial charge in [0, 0.05) is 5.56 Å². The van der Waals surface area contributed by atoms with Crippen LogP contribution in [0.3, 0.4) is 0 Å². The first kappa shape index (κ1) is 23.6. The summed E-state index contributed by atoms with van der Waals surface area (Å²) < 4.78 is 30.6. The Morgan fingerprint density at radius 3 is 1.88 bits per heavy atom.